The lowest BCUT2D eigenvalue weighted by Gasteiger charge is -2.31. The molecule has 3 aliphatic rings. The van der Waals surface area contributed by atoms with Crippen LogP contribution in [0.1, 0.15) is 88.7 Å². The number of carbonyl (C=O) groups is 1. The lowest BCUT2D eigenvalue weighted by atomic mass is 9.91. The molecule has 0 radical (unpaired) electrons. The second-order valence-electron chi connectivity index (χ2n) is 10.6. The Bertz CT molecular complexity index is 976. The van der Waals surface area contributed by atoms with E-state index in [9.17, 15) is 4.79 Å². The minimum Gasteiger partial charge on any atom is -0.381 e. The van der Waals surface area contributed by atoms with Gasteiger partial charge in [-0.2, -0.15) is 10.1 Å². The van der Waals surface area contributed by atoms with E-state index in [2.05, 4.69) is 47.5 Å². The predicted molar refractivity (Wildman–Crippen MR) is 139 cm³/mol. The second-order valence-corrected chi connectivity index (χ2v) is 10.6. The smallest absolute Gasteiger partial charge is 0.315 e. The van der Waals surface area contributed by atoms with Crippen molar-refractivity contribution in [2.45, 2.75) is 107 Å². The summed E-state index contributed by atoms with van der Waals surface area (Å²) in [7, 11) is 1.77. The summed E-state index contributed by atoms with van der Waals surface area (Å²) in [6.45, 7) is 0. The zero-order chi connectivity index (χ0) is 24.7. The van der Waals surface area contributed by atoms with Gasteiger partial charge >= 0.3 is 6.03 Å². The number of aromatic nitrogens is 4. The largest absolute Gasteiger partial charge is 0.381 e. The highest BCUT2D eigenvalue weighted by Gasteiger charge is 2.26. The predicted octanol–water partition coefficient (Wildman–Crippen LogP) is 4.58. The van der Waals surface area contributed by atoms with Crippen molar-refractivity contribution in [2.75, 3.05) is 17.7 Å². The third kappa shape index (κ3) is 6.66. The Balaban J connectivity index is 1.04. The molecule has 10 nitrogen and oxygen atoms in total. The molecule has 2 aromatic rings. The Labute approximate surface area is 213 Å². The van der Waals surface area contributed by atoms with Crippen LogP contribution in [0.2, 0.25) is 0 Å². The molecular formula is C26H40N8O2. The number of rotatable bonds is 8. The highest BCUT2D eigenvalue weighted by molar-refractivity contribution is 5.74. The average Bonchev–Trinajstić information content (AvgIpc) is 3.58. The molecule has 2 heterocycles. The van der Waals surface area contributed by atoms with E-state index in [1.54, 1.807) is 13.3 Å². The number of urea groups is 1. The molecular weight excluding hydrogens is 456 g/mol. The number of methoxy groups -OCH3 is 1. The SMILES string of the molecule is CO[C@H]1CC[C@H](NC(=O)N[C@H]2CC[C@H](Nc3nccc(Nc4cc(C5CCCC5)[nH]n4)n3)CC2)CC1. The average molecular weight is 497 g/mol. The zero-order valence-electron chi connectivity index (χ0n) is 21.3. The number of amides is 2. The van der Waals surface area contributed by atoms with E-state index in [-0.39, 0.29) is 18.1 Å². The first-order chi connectivity index (χ1) is 17.6. The highest BCUT2D eigenvalue weighted by Crippen LogP contribution is 2.34. The van der Waals surface area contributed by atoms with Crippen molar-refractivity contribution in [3.63, 3.8) is 0 Å². The Morgan fingerprint density at radius 1 is 0.917 bits per heavy atom. The van der Waals surface area contributed by atoms with Gasteiger partial charge < -0.3 is 26.0 Å². The number of carbonyl (C=O) groups excluding carboxylic acids is 1. The monoisotopic (exact) mass is 496 g/mol. The zero-order valence-corrected chi connectivity index (χ0v) is 21.3. The minimum absolute atomic E-state index is 0.0381. The van der Waals surface area contributed by atoms with Gasteiger partial charge in [0.2, 0.25) is 5.95 Å². The normalized spacial score (nSPS) is 26.9. The standard InChI is InChI=1S/C26H40N8O2/c1-36-21-12-10-20(11-13-21)30-26(35)29-19-8-6-18(7-9-19)28-25-27-15-14-23(32-25)31-24-16-22(33-34-24)17-4-2-3-5-17/h14-21H,2-13H2,1H3,(H2,29,30,35)(H3,27,28,31,32,33,34)/t18-,19-,20-,21-. The van der Waals surface area contributed by atoms with Crippen LogP contribution in [0.4, 0.5) is 22.4 Å². The van der Waals surface area contributed by atoms with Gasteiger partial charge in [0.15, 0.2) is 5.82 Å². The van der Waals surface area contributed by atoms with Gasteiger partial charge in [-0.15, -0.1) is 0 Å². The molecule has 0 aliphatic heterocycles. The first-order valence-corrected chi connectivity index (χ1v) is 13.7. The summed E-state index contributed by atoms with van der Waals surface area (Å²) in [5, 5.41) is 20.7. The van der Waals surface area contributed by atoms with Crippen LogP contribution in [0.15, 0.2) is 18.3 Å². The summed E-state index contributed by atoms with van der Waals surface area (Å²) < 4.78 is 5.42. The van der Waals surface area contributed by atoms with E-state index < -0.39 is 0 Å². The molecule has 2 amide bonds. The molecule has 10 heteroatoms. The molecule has 3 aliphatic carbocycles. The molecule has 0 atom stereocenters. The summed E-state index contributed by atoms with van der Waals surface area (Å²) in [5.74, 6) is 2.73. The molecule has 36 heavy (non-hydrogen) atoms. The Morgan fingerprint density at radius 2 is 1.58 bits per heavy atom. The number of nitrogens with one attached hydrogen (secondary N) is 5. The topological polar surface area (TPSA) is 129 Å². The summed E-state index contributed by atoms with van der Waals surface area (Å²) in [5.41, 5.74) is 1.21. The Kier molecular flexibility index (Phi) is 8.20. The molecule has 5 N–H and O–H groups in total. The van der Waals surface area contributed by atoms with Crippen LogP contribution >= 0.6 is 0 Å². The Hall–Kier alpha value is -2.88. The number of H-pyrrole nitrogens is 1. The van der Waals surface area contributed by atoms with Gasteiger partial charge in [-0.1, -0.05) is 12.8 Å². The minimum atomic E-state index is -0.0381. The van der Waals surface area contributed by atoms with Crippen molar-refractivity contribution in [3.8, 4) is 0 Å². The van der Waals surface area contributed by atoms with Gasteiger partial charge in [-0.3, -0.25) is 5.10 Å². The Morgan fingerprint density at radius 3 is 2.28 bits per heavy atom. The molecule has 0 saturated heterocycles. The van der Waals surface area contributed by atoms with Crippen molar-refractivity contribution in [1.82, 2.24) is 30.8 Å². The number of hydrogen-bond donors (Lipinski definition) is 5. The third-order valence-corrected chi connectivity index (χ3v) is 8.04. The van der Waals surface area contributed by atoms with Crippen molar-refractivity contribution >= 4 is 23.6 Å². The van der Waals surface area contributed by atoms with Gasteiger partial charge in [0.05, 0.1) is 6.10 Å². The maximum absolute atomic E-state index is 12.5. The van der Waals surface area contributed by atoms with Crippen molar-refractivity contribution in [2.24, 2.45) is 0 Å². The quantitative estimate of drug-likeness (QED) is 0.362. The molecule has 5 rings (SSSR count). The van der Waals surface area contributed by atoms with E-state index in [0.29, 0.717) is 24.0 Å². The van der Waals surface area contributed by atoms with Gasteiger partial charge in [-0.05, 0) is 70.3 Å². The van der Waals surface area contributed by atoms with Crippen molar-refractivity contribution in [1.29, 1.82) is 0 Å². The first kappa shape index (κ1) is 24.8. The highest BCUT2D eigenvalue weighted by atomic mass is 16.5. The van der Waals surface area contributed by atoms with Gasteiger partial charge in [0.1, 0.15) is 5.82 Å². The van der Waals surface area contributed by atoms with Crippen molar-refractivity contribution < 1.29 is 9.53 Å². The maximum atomic E-state index is 12.5. The number of hydrogen-bond acceptors (Lipinski definition) is 7. The molecule has 0 unspecified atom stereocenters. The second kappa shape index (κ2) is 11.9. The fourth-order valence-electron chi connectivity index (χ4n) is 5.90. The molecule has 196 valence electrons. The fraction of sp³-hybridized carbons (Fsp3) is 0.692. The summed E-state index contributed by atoms with van der Waals surface area (Å²) in [4.78, 5) is 21.5. The van der Waals surface area contributed by atoms with Crippen molar-refractivity contribution in [3.05, 3.63) is 24.0 Å². The molecule has 0 bridgehead atoms. The van der Waals surface area contributed by atoms with Crippen LogP contribution in [0.5, 0.6) is 0 Å². The van der Waals surface area contributed by atoms with Crippen LogP contribution in [0, 0.1) is 0 Å². The van der Waals surface area contributed by atoms with Crippen LogP contribution < -0.4 is 21.3 Å². The van der Waals surface area contributed by atoms with Gasteiger partial charge in [0.25, 0.3) is 0 Å². The van der Waals surface area contributed by atoms with E-state index in [1.165, 1.54) is 31.4 Å². The van der Waals surface area contributed by atoms with E-state index >= 15 is 0 Å². The van der Waals surface area contributed by atoms with E-state index in [4.69, 9.17) is 4.74 Å². The van der Waals surface area contributed by atoms with E-state index in [1.807, 2.05) is 6.07 Å². The molecule has 3 fully saturated rings. The van der Waals surface area contributed by atoms with Gasteiger partial charge in [0, 0.05) is 49.1 Å². The van der Waals surface area contributed by atoms with Crippen LogP contribution in [-0.2, 0) is 4.74 Å². The first-order valence-electron chi connectivity index (χ1n) is 13.7. The number of anilines is 3. The van der Waals surface area contributed by atoms with Crippen LogP contribution in [0.3, 0.4) is 0 Å². The molecule has 3 saturated carbocycles. The lowest BCUT2D eigenvalue weighted by molar-refractivity contribution is 0.0634. The van der Waals surface area contributed by atoms with Crippen LogP contribution in [-0.4, -0.2) is 57.5 Å². The fourth-order valence-corrected chi connectivity index (χ4v) is 5.90. The molecule has 0 spiro atoms. The number of aromatic amines is 1. The molecule has 2 aromatic heterocycles. The molecule has 0 aromatic carbocycles. The summed E-state index contributed by atoms with van der Waals surface area (Å²) in [6, 6.07) is 4.68. The number of nitrogens with zero attached hydrogens (tertiary/aromatic N) is 3. The number of ether oxygens (including phenoxy) is 1. The lowest BCUT2D eigenvalue weighted by Crippen LogP contribution is -2.49. The summed E-state index contributed by atoms with van der Waals surface area (Å²) in [6.07, 6.45) is 15.0. The maximum Gasteiger partial charge on any atom is 0.315 e. The van der Waals surface area contributed by atoms with Gasteiger partial charge in [-0.25, -0.2) is 9.78 Å². The van der Waals surface area contributed by atoms with E-state index in [0.717, 1.165) is 63.0 Å². The third-order valence-electron chi connectivity index (χ3n) is 8.04. The van der Waals surface area contributed by atoms with Crippen LogP contribution in [0.25, 0.3) is 0 Å². The summed E-state index contributed by atoms with van der Waals surface area (Å²) >= 11 is 0.